The van der Waals surface area contributed by atoms with Crippen LogP contribution in [0.1, 0.15) is 21.1 Å². The number of hydrogen-bond donors (Lipinski definition) is 0. The lowest BCUT2D eigenvalue weighted by atomic mass is 10.2. The van der Waals surface area contributed by atoms with Crippen LogP contribution in [0, 0.1) is 0 Å². The molecule has 0 N–H and O–H groups in total. The van der Waals surface area contributed by atoms with Gasteiger partial charge >= 0.3 is 0 Å². The Hall–Kier alpha value is -0.546. The molecule has 0 aliphatic rings. The molecular weight excluding hydrogens is 295 g/mol. The molecule has 0 saturated carbocycles. The molecule has 18 heavy (non-hydrogen) atoms. The number of halogens is 2. The smallest absolute Gasteiger partial charge is 0.0861 e. The van der Waals surface area contributed by atoms with Crippen molar-refractivity contribution in [2.24, 2.45) is 0 Å². The van der Waals surface area contributed by atoms with Gasteiger partial charge in [0, 0.05) is 19.8 Å². The molecule has 90 valence electrons. The summed E-state index contributed by atoms with van der Waals surface area (Å²) in [6.07, 6.45) is 0. The molecule has 0 amide bonds. The van der Waals surface area contributed by atoms with E-state index in [0.29, 0.717) is 0 Å². The first-order chi connectivity index (χ1) is 8.70. The standard InChI is InChI=1S/C14H12Cl2Si2/c15-13(11-7-3-1-4-8-11)18(17)14(16)12-9-5-2-6-10-12/h1-10,13-14H. The van der Waals surface area contributed by atoms with Gasteiger partial charge in [-0.15, -0.1) is 23.2 Å². The van der Waals surface area contributed by atoms with Gasteiger partial charge in [0.1, 0.15) is 0 Å². The highest BCUT2D eigenvalue weighted by Gasteiger charge is 2.26. The number of benzene rings is 2. The number of rotatable bonds is 4. The van der Waals surface area contributed by atoms with Gasteiger partial charge in [0.2, 0.25) is 0 Å². The Morgan fingerprint density at radius 3 is 1.39 bits per heavy atom. The molecule has 4 heteroatoms. The van der Waals surface area contributed by atoms with E-state index in [-0.39, 0.29) is 10.0 Å². The zero-order valence-electron chi connectivity index (χ0n) is 9.68. The number of hydrogen-bond acceptors (Lipinski definition) is 0. The molecule has 2 atom stereocenters. The van der Waals surface area contributed by atoms with E-state index in [2.05, 4.69) is 9.76 Å². The zero-order chi connectivity index (χ0) is 13.0. The topological polar surface area (TPSA) is 0 Å². The molecule has 0 aromatic heterocycles. The van der Waals surface area contributed by atoms with Crippen molar-refractivity contribution in [1.29, 1.82) is 0 Å². The molecule has 0 fully saturated rings. The summed E-state index contributed by atoms with van der Waals surface area (Å²) in [6, 6.07) is 20.1. The SMILES string of the molecule is [Si][Si](C(Cl)c1ccccc1)C(Cl)c1ccccc1. The predicted octanol–water partition coefficient (Wildman–Crippen LogP) is 4.19. The van der Waals surface area contributed by atoms with Crippen molar-refractivity contribution in [1.82, 2.24) is 0 Å². The van der Waals surface area contributed by atoms with Gasteiger partial charge in [-0.05, 0) is 11.1 Å². The van der Waals surface area contributed by atoms with Gasteiger partial charge in [0.15, 0.2) is 0 Å². The van der Waals surface area contributed by atoms with E-state index in [0.717, 1.165) is 11.1 Å². The molecule has 0 aliphatic heterocycles. The van der Waals surface area contributed by atoms with E-state index in [4.69, 9.17) is 23.2 Å². The first-order valence-electron chi connectivity index (χ1n) is 5.66. The maximum absolute atomic E-state index is 6.51. The Morgan fingerprint density at radius 2 is 1.06 bits per heavy atom. The van der Waals surface area contributed by atoms with E-state index < -0.39 is 8.31 Å². The summed E-state index contributed by atoms with van der Waals surface area (Å²) in [5, 5.41) is -0.119. The van der Waals surface area contributed by atoms with E-state index in [1.807, 2.05) is 60.7 Å². The highest BCUT2D eigenvalue weighted by Crippen LogP contribution is 2.32. The molecule has 0 bridgehead atoms. The Labute approximate surface area is 123 Å². The van der Waals surface area contributed by atoms with Crippen LogP contribution in [0.2, 0.25) is 0 Å². The summed E-state index contributed by atoms with van der Waals surface area (Å²) >= 11 is 13.0. The van der Waals surface area contributed by atoms with Crippen molar-refractivity contribution in [3.63, 3.8) is 0 Å². The minimum atomic E-state index is -1.11. The third-order valence-corrected chi connectivity index (χ3v) is 9.23. The Morgan fingerprint density at radius 1 is 0.722 bits per heavy atom. The van der Waals surface area contributed by atoms with Gasteiger partial charge in [-0.1, -0.05) is 60.7 Å². The summed E-state index contributed by atoms with van der Waals surface area (Å²) in [6.45, 7) is 0. The van der Waals surface area contributed by atoms with Gasteiger partial charge in [-0.2, -0.15) is 0 Å². The summed E-state index contributed by atoms with van der Waals surface area (Å²) in [5.41, 5.74) is 2.23. The van der Waals surface area contributed by atoms with Crippen molar-refractivity contribution < 1.29 is 0 Å². The third-order valence-electron chi connectivity index (χ3n) is 2.73. The second kappa shape index (κ2) is 6.57. The second-order valence-corrected chi connectivity index (χ2v) is 9.40. The lowest BCUT2D eigenvalue weighted by molar-refractivity contribution is 1.23. The molecule has 0 saturated heterocycles. The highest BCUT2D eigenvalue weighted by atomic mass is 35.5. The Bertz CT molecular complexity index is 430. The van der Waals surface area contributed by atoms with E-state index in [1.165, 1.54) is 0 Å². The minimum absolute atomic E-state index is 0.0597. The van der Waals surface area contributed by atoms with E-state index >= 15 is 0 Å². The minimum Gasteiger partial charge on any atom is -0.122 e. The van der Waals surface area contributed by atoms with Gasteiger partial charge in [-0.25, -0.2) is 0 Å². The monoisotopic (exact) mass is 306 g/mol. The maximum Gasteiger partial charge on any atom is 0.0861 e. The van der Waals surface area contributed by atoms with Crippen molar-refractivity contribution in [3.05, 3.63) is 71.8 Å². The summed E-state index contributed by atoms with van der Waals surface area (Å²) in [4.78, 5) is 0. The first-order valence-corrected chi connectivity index (χ1v) is 9.69. The van der Waals surface area contributed by atoms with Gasteiger partial charge in [0.25, 0.3) is 0 Å². The van der Waals surface area contributed by atoms with Crippen molar-refractivity contribution in [3.8, 4) is 0 Å². The van der Waals surface area contributed by atoms with Crippen LogP contribution in [0.3, 0.4) is 0 Å². The van der Waals surface area contributed by atoms with Crippen LogP contribution in [0.25, 0.3) is 0 Å². The lowest BCUT2D eigenvalue weighted by Gasteiger charge is -2.22. The maximum atomic E-state index is 6.51. The molecule has 2 aromatic carbocycles. The normalized spacial score (nSPS) is 14.4. The molecule has 0 spiro atoms. The van der Waals surface area contributed by atoms with Crippen LogP contribution in [-0.4, -0.2) is 18.1 Å². The molecular formula is C14H12Cl2Si2. The van der Waals surface area contributed by atoms with Crippen molar-refractivity contribution in [2.45, 2.75) is 10.0 Å². The first kappa shape index (κ1) is 13.9. The second-order valence-electron chi connectivity index (χ2n) is 4.00. The fraction of sp³-hybridized carbons (Fsp3) is 0.143. The highest BCUT2D eigenvalue weighted by molar-refractivity contribution is 7.09. The van der Waals surface area contributed by atoms with Gasteiger partial charge < -0.3 is 0 Å². The van der Waals surface area contributed by atoms with E-state index in [9.17, 15) is 0 Å². The van der Waals surface area contributed by atoms with Crippen LogP contribution in [0.5, 0.6) is 0 Å². The molecule has 0 aliphatic carbocycles. The van der Waals surface area contributed by atoms with Gasteiger partial charge in [0.05, 0.1) is 8.31 Å². The Kier molecular flexibility index (Phi) is 5.07. The summed E-state index contributed by atoms with van der Waals surface area (Å²) < 4.78 is 0. The molecule has 0 heterocycles. The quantitative estimate of drug-likeness (QED) is 0.587. The Balaban J connectivity index is 2.14. The molecule has 2 aromatic rings. The lowest BCUT2D eigenvalue weighted by Crippen LogP contribution is -2.26. The van der Waals surface area contributed by atoms with Crippen LogP contribution in [0.4, 0.5) is 0 Å². The van der Waals surface area contributed by atoms with E-state index in [1.54, 1.807) is 0 Å². The zero-order valence-corrected chi connectivity index (χ0v) is 13.2. The molecule has 2 unspecified atom stereocenters. The van der Waals surface area contributed by atoms with Crippen LogP contribution in [0.15, 0.2) is 60.7 Å². The van der Waals surface area contributed by atoms with Gasteiger partial charge in [-0.3, -0.25) is 0 Å². The molecule has 0 nitrogen and oxygen atoms in total. The van der Waals surface area contributed by atoms with Crippen molar-refractivity contribution in [2.75, 3.05) is 0 Å². The van der Waals surface area contributed by atoms with Crippen LogP contribution < -0.4 is 0 Å². The summed E-state index contributed by atoms with van der Waals surface area (Å²) in [5.74, 6) is 0. The average Bonchev–Trinajstić information content (AvgIpc) is 2.47. The third kappa shape index (κ3) is 3.26. The fourth-order valence-electron chi connectivity index (χ4n) is 1.73. The summed E-state index contributed by atoms with van der Waals surface area (Å²) in [7, 11) is 2.66. The predicted molar refractivity (Wildman–Crippen MR) is 81.6 cm³/mol. The van der Waals surface area contributed by atoms with Crippen LogP contribution in [-0.2, 0) is 0 Å². The average molecular weight is 307 g/mol. The molecule has 4 radical (unpaired) electrons. The number of alkyl halides is 2. The largest absolute Gasteiger partial charge is 0.122 e. The van der Waals surface area contributed by atoms with Crippen molar-refractivity contribution >= 4 is 41.3 Å². The van der Waals surface area contributed by atoms with Crippen LogP contribution >= 0.6 is 23.2 Å². The fourth-order valence-corrected chi connectivity index (χ4v) is 5.33. The molecule has 2 rings (SSSR count).